The maximum atomic E-state index is 12.3. The Kier molecular flexibility index (Phi) is 6.43. The van der Waals surface area contributed by atoms with E-state index in [2.05, 4.69) is 15.5 Å². The SMILES string of the molecule is O=C(CCc1nc(CS(=O)(=O)c2ccccc2)no1)NCc1ccccc1Cl. The number of hydrogen-bond acceptors (Lipinski definition) is 6. The largest absolute Gasteiger partial charge is 0.352 e. The van der Waals surface area contributed by atoms with Crippen molar-refractivity contribution in [3.8, 4) is 0 Å². The standard InChI is InChI=1S/C19H18ClN3O4S/c20-16-9-5-4-6-14(16)12-21-18(24)10-11-19-22-17(23-27-19)13-28(25,26)15-7-2-1-3-8-15/h1-9H,10-13H2,(H,21,24). The summed E-state index contributed by atoms with van der Waals surface area (Å²) in [7, 11) is -3.55. The predicted molar refractivity (Wildman–Crippen MR) is 103 cm³/mol. The monoisotopic (exact) mass is 419 g/mol. The van der Waals surface area contributed by atoms with E-state index in [0.717, 1.165) is 5.56 Å². The molecule has 0 aliphatic carbocycles. The third-order valence-corrected chi connectivity index (χ3v) is 5.93. The number of sulfone groups is 1. The molecule has 1 heterocycles. The van der Waals surface area contributed by atoms with Crippen molar-refractivity contribution < 1.29 is 17.7 Å². The van der Waals surface area contributed by atoms with E-state index < -0.39 is 9.84 Å². The molecule has 0 saturated heterocycles. The number of carbonyl (C=O) groups excluding carboxylic acids is 1. The Morgan fingerprint density at radius 1 is 1.07 bits per heavy atom. The molecule has 0 radical (unpaired) electrons. The molecule has 0 atom stereocenters. The zero-order valence-corrected chi connectivity index (χ0v) is 16.4. The molecule has 1 N–H and O–H groups in total. The highest BCUT2D eigenvalue weighted by molar-refractivity contribution is 7.90. The highest BCUT2D eigenvalue weighted by Crippen LogP contribution is 2.15. The van der Waals surface area contributed by atoms with Gasteiger partial charge in [0.15, 0.2) is 15.7 Å². The van der Waals surface area contributed by atoms with E-state index >= 15 is 0 Å². The second-order valence-corrected chi connectivity index (χ2v) is 8.44. The first-order chi connectivity index (χ1) is 13.4. The summed E-state index contributed by atoms with van der Waals surface area (Å²) in [6.07, 6.45) is 0.351. The number of carbonyl (C=O) groups is 1. The summed E-state index contributed by atoms with van der Waals surface area (Å²) in [5.74, 6) is -0.280. The van der Waals surface area contributed by atoms with Crippen LogP contribution in [0.5, 0.6) is 0 Å². The highest BCUT2D eigenvalue weighted by atomic mass is 35.5. The Morgan fingerprint density at radius 2 is 1.79 bits per heavy atom. The van der Waals surface area contributed by atoms with E-state index in [1.54, 1.807) is 24.3 Å². The van der Waals surface area contributed by atoms with E-state index in [1.165, 1.54) is 12.1 Å². The first kappa shape index (κ1) is 20.0. The number of rotatable bonds is 8. The molecule has 0 aliphatic heterocycles. The predicted octanol–water partition coefficient (Wildman–Crippen LogP) is 2.95. The second kappa shape index (κ2) is 8.99. The molecule has 3 aromatic rings. The first-order valence-corrected chi connectivity index (χ1v) is 10.6. The molecule has 2 aromatic carbocycles. The number of nitrogens with zero attached hydrogens (tertiary/aromatic N) is 2. The Hall–Kier alpha value is -2.71. The van der Waals surface area contributed by atoms with Gasteiger partial charge >= 0.3 is 0 Å². The van der Waals surface area contributed by atoms with Crippen LogP contribution < -0.4 is 5.32 Å². The van der Waals surface area contributed by atoms with E-state index in [0.29, 0.717) is 11.6 Å². The lowest BCUT2D eigenvalue weighted by Crippen LogP contribution is -2.23. The van der Waals surface area contributed by atoms with Crippen molar-refractivity contribution >= 4 is 27.3 Å². The third kappa shape index (κ3) is 5.40. The van der Waals surface area contributed by atoms with Gasteiger partial charge in [-0.25, -0.2) is 8.42 Å². The summed E-state index contributed by atoms with van der Waals surface area (Å²) in [6.45, 7) is 0.322. The molecule has 7 nitrogen and oxygen atoms in total. The summed E-state index contributed by atoms with van der Waals surface area (Å²) in [4.78, 5) is 16.2. The molecule has 0 spiro atoms. The van der Waals surface area contributed by atoms with Gasteiger partial charge in [0, 0.05) is 24.4 Å². The normalized spacial score (nSPS) is 11.3. The fraction of sp³-hybridized carbons (Fsp3) is 0.211. The van der Waals surface area contributed by atoms with Gasteiger partial charge in [-0.15, -0.1) is 0 Å². The molecule has 1 amide bonds. The minimum absolute atomic E-state index is 0.0651. The fourth-order valence-electron chi connectivity index (χ4n) is 2.48. The van der Waals surface area contributed by atoms with Crippen LogP contribution in [-0.2, 0) is 33.4 Å². The van der Waals surface area contributed by atoms with Gasteiger partial charge in [-0.1, -0.05) is 53.2 Å². The molecule has 28 heavy (non-hydrogen) atoms. The number of hydrogen-bond donors (Lipinski definition) is 1. The number of nitrogens with one attached hydrogen (secondary N) is 1. The summed E-state index contributed by atoms with van der Waals surface area (Å²) in [5, 5.41) is 7.05. The maximum absolute atomic E-state index is 12.3. The average molecular weight is 420 g/mol. The van der Waals surface area contributed by atoms with E-state index in [4.69, 9.17) is 16.1 Å². The lowest BCUT2D eigenvalue weighted by Gasteiger charge is -2.05. The molecular formula is C19H18ClN3O4S. The molecule has 1 aromatic heterocycles. The number of halogens is 1. The smallest absolute Gasteiger partial charge is 0.227 e. The van der Waals surface area contributed by atoms with Gasteiger partial charge in [0.25, 0.3) is 0 Å². The molecule has 0 unspecified atom stereocenters. The molecule has 0 saturated carbocycles. The van der Waals surface area contributed by atoms with Crippen LogP contribution in [-0.4, -0.2) is 24.5 Å². The minimum atomic E-state index is -3.55. The molecule has 3 rings (SSSR count). The van der Waals surface area contributed by atoms with Crippen molar-refractivity contribution in [1.82, 2.24) is 15.5 Å². The maximum Gasteiger partial charge on any atom is 0.227 e. The zero-order chi connectivity index (χ0) is 20.0. The summed E-state index contributed by atoms with van der Waals surface area (Å²) >= 11 is 6.05. The van der Waals surface area contributed by atoms with Crippen molar-refractivity contribution in [2.45, 2.75) is 30.0 Å². The van der Waals surface area contributed by atoms with Crippen LogP contribution in [0.2, 0.25) is 5.02 Å². The van der Waals surface area contributed by atoms with Crippen LogP contribution in [0.1, 0.15) is 23.7 Å². The van der Waals surface area contributed by atoms with Crippen LogP contribution >= 0.6 is 11.6 Å². The molecule has 146 valence electrons. The Balaban J connectivity index is 1.51. The number of aromatic nitrogens is 2. The molecule has 0 bridgehead atoms. The van der Waals surface area contributed by atoms with Crippen LogP contribution in [0.25, 0.3) is 0 Å². The van der Waals surface area contributed by atoms with Crippen LogP contribution in [0.4, 0.5) is 0 Å². The van der Waals surface area contributed by atoms with Crippen molar-refractivity contribution in [2.75, 3.05) is 0 Å². The first-order valence-electron chi connectivity index (χ1n) is 8.53. The second-order valence-electron chi connectivity index (χ2n) is 6.04. The topological polar surface area (TPSA) is 102 Å². The quantitative estimate of drug-likeness (QED) is 0.602. The Morgan fingerprint density at radius 3 is 2.54 bits per heavy atom. The summed E-state index contributed by atoms with van der Waals surface area (Å²) in [6, 6.07) is 15.3. The molecule has 0 aliphatic rings. The van der Waals surface area contributed by atoms with Gasteiger partial charge in [-0.2, -0.15) is 4.98 Å². The lowest BCUT2D eigenvalue weighted by molar-refractivity contribution is -0.121. The third-order valence-electron chi connectivity index (χ3n) is 3.93. The van der Waals surface area contributed by atoms with Crippen molar-refractivity contribution in [3.63, 3.8) is 0 Å². The molecule has 9 heteroatoms. The highest BCUT2D eigenvalue weighted by Gasteiger charge is 2.19. The van der Waals surface area contributed by atoms with Gasteiger partial charge in [0.05, 0.1) is 4.90 Å². The number of aryl methyl sites for hydroxylation is 1. The van der Waals surface area contributed by atoms with E-state index in [1.807, 2.05) is 18.2 Å². The number of benzene rings is 2. The van der Waals surface area contributed by atoms with Crippen LogP contribution in [0.3, 0.4) is 0 Å². The zero-order valence-electron chi connectivity index (χ0n) is 14.8. The average Bonchev–Trinajstić information content (AvgIpc) is 3.13. The summed E-state index contributed by atoms with van der Waals surface area (Å²) in [5.41, 5.74) is 0.823. The van der Waals surface area contributed by atoms with Gasteiger partial charge < -0.3 is 9.84 Å². The molecule has 0 fully saturated rings. The van der Waals surface area contributed by atoms with Gasteiger partial charge in [0.1, 0.15) is 5.75 Å². The van der Waals surface area contributed by atoms with Crippen LogP contribution in [0, 0.1) is 0 Å². The Bertz CT molecular complexity index is 1050. The summed E-state index contributed by atoms with van der Waals surface area (Å²) < 4.78 is 29.7. The van der Waals surface area contributed by atoms with E-state index in [9.17, 15) is 13.2 Å². The molecular weight excluding hydrogens is 402 g/mol. The van der Waals surface area contributed by atoms with Gasteiger partial charge in [-0.05, 0) is 23.8 Å². The Labute approximate surface area is 167 Å². The van der Waals surface area contributed by atoms with Crippen molar-refractivity contribution in [2.24, 2.45) is 0 Å². The lowest BCUT2D eigenvalue weighted by atomic mass is 10.2. The van der Waals surface area contributed by atoms with E-state index in [-0.39, 0.29) is 41.1 Å². The van der Waals surface area contributed by atoms with Crippen molar-refractivity contribution in [3.05, 3.63) is 76.9 Å². The van der Waals surface area contributed by atoms with Crippen LogP contribution in [0.15, 0.2) is 64.0 Å². The fourth-order valence-corrected chi connectivity index (χ4v) is 3.87. The minimum Gasteiger partial charge on any atom is -0.352 e. The van der Waals surface area contributed by atoms with Gasteiger partial charge in [0.2, 0.25) is 11.8 Å². The van der Waals surface area contributed by atoms with Gasteiger partial charge in [-0.3, -0.25) is 4.79 Å². The van der Waals surface area contributed by atoms with Crippen molar-refractivity contribution in [1.29, 1.82) is 0 Å². The number of amides is 1.